The summed E-state index contributed by atoms with van der Waals surface area (Å²) in [5, 5.41) is 13.3. The molecule has 118 valence electrons. The number of carbonyl (C=O) groups excluding carboxylic acids is 1. The van der Waals surface area contributed by atoms with E-state index in [2.05, 4.69) is 5.32 Å². The summed E-state index contributed by atoms with van der Waals surface area (Å²) in [6.45, 7) is 0.322. The number of rotatable bonds is 8. The molecule has 0 radical (unpaired) electrons. The highest BCUT2D eigenvalue weighted by atomic mass is 35.5. The van der Waals surface area contributed by atoms with Gasteiger partial charge in [-0.15, -0.1) is 11.8 Å². The van der Waals surface area contributed by atoms with E-state index in [0.717, 1.165) is 0 Å². The second-order valence-electron chi connectivity index (χ2n) is 4.14. The maximum Gasteiger partial charge on any atom is 0.206 e. The number of nitriles is 1. The minimum atomic E-state index is -0.465. The number of Topliss-reactive ketones (excluding diaryl/α,β-unsaturated/α-hetero) is 1. The molecule has 0 aliphatic heterocycles. The van der Waals surface area contributed by atoms with E-state index < -0.39 is 6.29 Å². The van der Waals surface area contributed by atoms with Gasteiger partial charge in [0.1, 0.15) is 11.6 Å². The number of nitrogens with one attached hydrogen (secondary N) is 1. The Morgan fingerprint density at radius 1 is 1.36 bits per heavy atom. The SMILES string of the molecule is COC(CNC(SC)=C(C#N)C(=O)c1ccc(Cl)cc1)OC. The molecule has 0 heterocycles. The molecule has 0 aliphatic carbocycles. The average molecular weight is 341 g/mol. The van der Waals surface area contributed by atoms with Gasteiger partial charge in [0.25, 0.3) is 0 Å². The molecular weight excluding hydrogens is 324 g/mol. The molecule has 1 rings (SSSR count). The zero-order valence-electron chi connectivity index (χ0n) is 12.6. The Morgan fingerprint density at radius 2 is 1.95 bits per heavy atom. The quantitative estimate of drug-likeness (QED) is 0.339. The van der Waals surface area contributed by atoms with Crippen LogP contribution in [0.1, 0.15) is 10.4 Å². The van der Waals surface area contributed by atoms with Gasteiger partial charge in [-0.1, -0.05) is 11.6 Å². The summed E-state index contributed by atoms with van der Waals surface area (Å²) in [4.78, 5) is 12.4. The number of hydrogen-bond donors (Lipinski definition) is 1. The highest BCUT2D eigenvalue weighted by Crippen LogP contribution is 2.19. The number of hydrogen-bond acceptors (Lipinski definition) is 6. The maximum absolute atomic E-state index is 12.4. The van der Waals surface area contributed by atoms with E-state index in [0.29, 0.717) is 22.2 Å². The Hall–Kier alpha value is -1.52. The number of nitrogens with zero attached hydrogens (tertiary/aromatic N) is 1. The Bertz CT molecular complexity index is 577. The first-order valence-electron chi connectivity index (χ1n) is 6.35. The van der Waals surface area contributed by atoms with E-state index in [-0.39, 0.29) is 11.4 Å². The van der Waals surface area contributed by atoms with E-state index in [4.69, 9.17) is 21.1 Å². The lowest BCUT2D eigenvalue weighted by atomic mass is 10.1. The highest BCUT2D eigenvalue weighted by molar-refractivity contribution is 8.02. The van der Waals surface area contributed by atoms with Crippen LogP contribution in [0.3, 0.4) is 0 Å². The number of methoxy groups -OCH3 is 2. The Kier molecular flexibility index (Phi) is 7.99. The summed E-state index contributed by atoms with van der Waals surface area (Å²) in [5.74, 6) is -0.359. The van der Waals surface area contributed by atoms with Crippen molar-refractivity contribution in [2.45, 2.75) is 6.29 Å². The van der Waals surface area contributed by atoms with Crippen molar-refractivity contribution >= 4 is 29.1 Å². The molecule has 7 heteroatoms. The molecule has 1 N–H and O–H groups in total. The summed E-state index contributed by atoms with van der Waals surface area (Å²) >= 11 is 7.08. The summed E-state index contributed by atoms with van der Waals surface area (Å²) in [5.41, 5.74) is 0.449. The average Bonchev–Trinajstić information content (AvgIpc) is 2.55. The molecule has 0 unspecified atom stereocenters. The van der Waals surface area contributed by atoms with Gasteiger partial charge in [0.15, 0.2) is 6.29 Å². The van der Waals surface area contributed by atoms with E-state index in [1.807, 2.05) is 6.07 Å². The number of ketones is 1. The first kappa shape index (κ1) is 18.5. The topological polar surface area (TPSA) is 71.3 Å². The van der Waals surface area contributed by atoms with E-state index in [1.165, 1.54) is 26.0 Å². The fourth-order valence-corrected chi connectivity index (χ4v) is 2.35. The van der Waals surface area contributed by atoms with Crippen molar-refractivity contribution in [1.29, 1.82) is 5.26 Å². The van der Waals surface area contributed by atoms with E-state index in [1.54, 1.807) is 30.5 Å². The van der Waals surface area contributed by atoms with Gasteiger partial charge < -0.3 is 14.8 Å². The van der Waals surface area contributed by atoms with Crippen LogP contribution in [0.2, 0.25) is 5.02 Å². The third kappa shape index (κ3) is 5.04. The largest absolute Gasteiger partial charge is 0.374 e. The lowest BCUT2D eigenvalue weighted by Gasteiger charge is -2.16. The molecule has 0 atom stereocenters. The molecule has 0 saturated carbocycles. The molecule has 0 spiro atoms. The van der Waals surface area contributed by atoms with Crippen LogP contribution in [0.15, 0.2) is 34.9 Å². The third-order valence-electron chi connectivity index (χ3n) is 2.83. The van der Waals surface area contributed by atoms with Crippen molar-refractivity contribution in [3.63, 3.8) is 0 Å². The first-order valence-corrected chi connectivity index (χ1v) is 7.95. The number of ether oxygens (including phenoxy) is 2. The Labute approximate surface area is 139 Å². The number of halogens is 1. The Morgan fingerprint density at radius 3 is 2.41 bits per heavy atom. The normalized spacial score (nSPS) is 11.8. The lowest BCUT2D eigenvalue weighted by molar-refractivity contribution is -0.0973. The van der Waals surface area contributed by atoms with Crippen LogP contribution in [-0.4, -0.2) is 39.1 Å². The predicted octanol–water partition coefficient (Wildman–Crippen LogP) is 2.83. The Balaban J connectivity index is 3.00. The molecule has 22 heavy (non-hydrogen) atoms. The molecule has 0 saturated heterocycles. The van der Waals surface area contributed by atoms with Gasteiger partial charge in [0.05, 0.1) is 11.6 Å². The van der Waals surface area contributed by atoms with Crippen LogP contribution in [0.25, 0.3) is 0 Å². The van der Waals surface area contributed by atoms with Crippen LogP contribution in [0, 0.1) is 11.3 Å². The monoisotopic (exact) mass is 340 g/mol. The summed E-state index contributed by atoms with van der Waals surface area (Å²) in [7, 11) is 3.03. The van der Waals surface area contributed by atoms with Crippen molar-refractivity contribution < 1.29 is 14.3 Å². The van der Waals surface area contributed by atoms with Crippen molar-refractivity contribution in [3.8, 4) is 6.07 Å². The number of thioether (sulfide) groups is 1. The summed E-state index contributed by atoms with van der Waals surface area (Å²) in [6, 6.07) is 8.36. The summed E-state index contributed by atoms with van der Waals surface area (Å²) in [6.07, 6.45) is 1.32. The fraction of sp³-hybridized carbons (Fsp3) is 0.333. The number of allylic oxidation sites excluding steroid dienone is 1. The second-order valence-corrected chi connectivity index (χ2v) is 5.39. The molecule has 1 aromatic rings. The van der Waals surface area contributed by atoms with Crippen molar-refractivity contribution in [2.24, 2.45) is 0 Å². The molecule has 0 fully saturated rings. The van der Waals surface area contributed by atoms with Crippen LogP contribution in [0.4, 0.5) is 0 Å². The minimum Gasteiger partial charge on any atom is -0.374 e. The molecule has 0 aliphatic rings. The second kappa shape index (κ2) is 9.49. The molecule has 0 amide bonds. The van der Waals surface area contributed by atoms with Crippen molar-refractivity contribution in [1.82, 2.24) is 5.32 Å². The third-order valence-corrected chi connectivity index (χ3v) is 3.84. The minimum absolute atomic E-state index is 0.0424. The van der Waals surface area contributed by atoms with Gasteiger partial charge in [-0.05, 0) is 30.5 Å². The van der Waals surface area contributed by atoms with Gasteiger partial charge in [0.2, 0.25) is 5.78 Å². The zero-order valence-corrected chi connectivity index (χ0v) is 14.1. The fourth-order valence-electron chi connectivity index (χ4n) is 1.65. The lowest BCUT2D eigenvalue weighted by Crippen LogP contribution is -2.29. The molecule has 0 aromatic heterocycles. The predicted molar refractivity (Wildman–Crippen MR) is 87.7 cm³/mol. The highest BCUT2D eigenvalue weighted by Gasteiger charge is 2.18. The van der Waals surface area contributed by atoms with Crippen LogP contribution >= 0.6 is 23.4 Å². The van der Waals surface area contributed by atoms with Gasteiger partial charge in [-0.3, -0.25) is 4.79 Å². The molecular formula is C15H17ClN2O3S. The number of carbonyl (C=O) groups is 1. The zero-order chi connectivity index (χ0) is 16.5. The van der Waals surface area contributed by atoms with Crippen LogP contribution in [-0.2, 0) is 9.47 Å². The van der Waals surface area contributed by atoms with Crippen LogP contribution < -0.4 is 5.32 Å². The smallest absolute Gasteiger partial charge is 0.206 e. The van der Waals surface area contributed by atoms with Gasteiger partial charge >= 0.3 is 0 Å². The first-order chi connectivity index (χ1) is 10.6. The number of benzene rings is 1. The molecule has 1 aromatic carbocycles. The van der Waals surface area contributed by atoms with Crippen molar-refractivity contribution in [3.05, 3.63) is 45.5 Å². The van der Waals surface area contributed by atoms with Gasteiger partial charge in [0, 0.05) is 24.8 Å². The van der Waals surface area contributed by atoms with E-state index >= 15 is 0 Å². The van der Waals surface area contributed by atoms with Crippen LogP contribution in [0.5, 0.6) is 0 Å². The van der Waals surface area contributed by atoms with Gasteiger partial charge in [-0.2, -0.15) is 5.26 Å². The molecule has 5 nitrogen and oxygen atoms in total. The molecule has 0 bridgehead atoms. The summed E-state index contributed by atoms with van der Waals surface area (Å²) < 4.78 is 10.1. The van der Waals surface area contributed by atoms with E-state index in [9.17, 15) is 10.1 Å². The van der Waals surface area contributed by atoms with Gasteiger partial charge in [-0.25, -0.2) is 0 Å². The standard InChI is InChI=1S/C15H17ClN2O3S/c1-20-13(21-2)9-18-15(22-3)12(8-17)14(19)10-4-6-11(16)7-5-10/h4-7,13,18H,9H2,1-3H3. The maximum atomic E-state index is 12.4. The van der Waals surface area contributed by atoms with Crippen molar-refractivity contribution in [2.75, 3.05) is 27.0 Å².